The molecule has 0 fully saturated rings. The average Bonchev–Trinajstić information content (AvgIpc) is 2.63. The van der Waals surface area contributed by atoms with Gasteiger partial charge in [-0.1, -0.05) is 0 Å². The van der Waals surface area contributed by atoms with Crippen LogP contribution in [0.2, 0.25) is 0 Å². The van der Waals surface area contributed by atoms with Crippen molar-refractivity contribution in [2.45, 2.75) is 32.9 Å². The van der Waals surface area contributed by atoms with E-state index in [-0.39, 0.29) is 18.1 Å². The maximum Gasteiger partial charge on any atom is 0.322 e. The first-order chi connectivity index (χ1) is 7.04. The lowest BCUT2D eigenvalue weighted by Crippen LogP contribution is -2.36. The molecule has 0 bridgehead atoms. The smallest absolute Gasteiger partial charge is 0.322 e. The molecule has 0 saturated heterocycles. The summed E-state index contributed by atoms with van der Waals surface area (Å²) in [5, 5.41) is 3.20. The van der Waals surface area contributed by atoms with Crippen LogP contribution in [0.3, 0.4) is 0 Å². The number of nitrogens with one attached hydrogen (secondary N) is 1. The van der Waals surface area contributed by atoms with E-state index in [4.69, 9.17) is 0 Å². The number of hydrogen-bond acceptors (Lipinski definition) is 4. The molecule has 1 N–H and O–H groups in total. The maximum absolute atomic E-state index is 11.2. The molecule has 1 rings (SSSR count). The Kier molecular flexibility index (Phi) is 4.29. The molecule has 0 saturated carbocycles. The zero-order valence-electron chi connectivity index (χ0n) is 9.53. The summed E-state index contributed by atoms with van der Waals surface area (Å²) >= 11 is 1.74. The van der Waals surface area contributed by atoms with Gasteiger partial charge in [0.2, 0.25) is 0 Å². The van der Waals surface area contributed by atoms with Crippen LogP contribution in [0, 0.1) is 6.92 Å². The number of hydrogen-bond donors (Lipinski definition) is 1. The van der Waals surface area contributed by atoms with E-state index in [2.05, 4.69) is 29.1 Å². The lowest BCUT2D eigenvalue weighted by Gasteiger charge is -2.16. The topological polar surface area (TPSA) is 38.3 Å². The summed E-state index contributed by atoms with van der Waals surface area (Å²) in [6, 6.07) is 4.08. The van der Waals surface area contributed by atoms with Gasteiger partial charge in [0, 0.05) is 15.8 Å². The summed E-state index contributed by atoms with van der Waals surface area (Å²) in [6.07, 6.45) is 0. The first kappa shape index (κ1) is 12.2. The quantitative estimate of drug-likeness (QED) is 0.802. The van der Waals surface area contributed by atoms with Gasteiger partial charge in [0.1, 0.15) is 6.04 Å². The van der Waals surface area contributed by atoms with E-state index in [1.54, 1.807) is 11.3 Å². The summed E-state index contributed by atoms with van der Waals surface area (Å²) in [5.41, 5.74) is 0. The Bertz CT molecular complexity index is 335. The van der Waals surface area contributed by atoms with Gasteiger partial charge in [-0.25, -0.2) is 0 Å². The number of carbonyl (C=O) groups is 1. The third kappa shape index (κ3) is 3.32. The molecular weight excluding hydrogens is 210 g/mol. The van der Waals surface area contributed by atoms with Crippen molar-refractivity contribution in [2.75, 3.05) is 7.11 Å². The lowest BCUT2D eigenvalue weighted by molar-refractivity contribution is -0.142. The fourth-order valence-corrected chi connectivity index (χ4v) is 2.28. The standard InChI is InChI=1S/C11H17NO2S/c1-7-5-6-10(15-7)8(2)12-9(3)11(13)14-4/h5-6,8-9,12H,1-4H3/t8?,9-/m0/s1. The predicted octanol–water partition coefficient (Wildman–Crippen LogP) is 2.27. The molecule has 0 amide bonds. The van der Waals surface area contributed by atoms with E-state index >= 15 is 0 Å². The van der Waals surface area contributed by atoms with Crippen molar-refractivity contribution >= 4 is 17.3 Å². The number of rotatable bonds is 4. The molecule has 15 heavy (non-hydrogen) atoms. The third-order valence-electron chi connectivity index (χ3n) is 2.24. The van der Waals surface area contributed by atoms with Crippen LogP contribution in [0.1, 0.15) is 29.6 Å². The molecule has 1 unspecified atom stereocenters. The average molecular weight is 227 g/mol. The Labute approximate surface area is 94.5 Å². The van der Waals surface area contributed by atoms with Crippen LogP contribution in [0.4, 0.5) is 0 Å². The minimum absolute atomic E-state index is 0.179. The first-order valence-electron chi connectivity index (χ1n) is 4.94. The third-order valence-corrected chi connectivity index (χ3v) is 3.43. The Balaban J connectivity index is 2.55. The van der Waals surface area contributed by atoms with Gasteiger partial charge < -0.3 is 4.74 Å². The van der Waals surface area contributed by atoms with Crippen LogP contribution in [-0.2, 0) is 9.53 Å². The Morgan fingerprint density at radius 3 is 2.60 bits per heavy atom. The van der Waals surface area contributed by atoms with Crippen molar-refractivity contribution in [2.24, 2.45) is 0 Å². The van der Waals surface area contributed by atoms with Crippen molar-refractivity contribution in [3.8, 4) is 0 Å². The SMILES string of the molecule is COC(=O)[C@H](C)NC(C)c1ccc(C)s1. The zero-order valence-corrected chi connectivity index (χ0v) is 10.4. The van der Waals surface area contributed by atoms with Gasteiger partial charge in [0.25, 0.3) is 0 Å². The fraction of sp³-hybridized carbons (Fsp3) is 0.545. The molecular formula is C11H17NO2S. The summed E-state index contributed by atoms with van der Waals surface area (Å²) < 4.78 is 4.66. The molecule has 3 nitrogen and oxygen atoms in total. The van der Waals surface area contributed by atoms with Crippen molar-refractivity contribution in [1.82, 2.24) is 5.32 Å². The summed E-state index contributed by atoms with van der Waals surface area (Å²) in [4.78, 5) is 13.7. The fourth-order valence-electron chi connectivity index (χ4n) is 1.39. The van der Waals surface area contributed by atoms with Gasteiger partial charge in [-0.05, 0) is 32.9 Å². The molecule has 0 aliphatic rings. The second-order valence-corrected chi connectivity index (χ2v) is 4.90. The van der Waals surface area contributed by atoms with E-state index in [0.717, 1.165) is 0 Å². The minimum Gasteiger partial charge on any atom is -0.468 e. The molecule has 2 atom stereocenters. The Hall–Kier alpha value is -0.870. The molecule has 1 aromatic heterocycles. The number of carbonyl (C=O) groups excluding carboxylic acids is 1. The molecule has 0 aliphatic heterocycles. The predicted molar refractivity (Wildman–Crippen MR) is 62.1 cm³/mol. The second-order valence-electron chi connectivity index (χ2n) is 3.58. The van der Waals surface area contributed by atoms with E-state index < -0.39 is 0 Å². The lowest BCUT2D eigenvalue weighted by atomic mass is 10.2. The van der Waals surface area contributed by atoms with Gasteiger partial charge >= 0.3 is 5.97 Å². The van der Waals surface area contributed by atoms with Crippen LogP contribution in [0.15, 0.2) is 12.1 Å². The van der Waals surface area contributed by atoms with E-state index in [0.29, 0.717) is 0 Å². The molecule has 0 aliphatic carbocycles. The molecule has 0 aromatic carbocycles. The van der Waals surface area contributed by atoms with Gasteiger partial charge in [0.05, 0.1) is 7.11 Å². The van der Waals surface area contributed by atoms with Crippen molar-refractivity contribution in [3.63, 3.8) is 0 Å². The normalized spacial score (nSPS) is 14.7. The number of methoxy groups -OCH3 is 1. The highest BCUT2D eigenvalue weighted by Gasteiger charge is 2.17. The van der Waals surface area contributed by atoms with Gasteiger partial charge in [0.15, 0.2) is 0 Å². The second kappa shape index (κ2) is 5.28. The number of ether oxygens (including phenoxy) is 1. The summed E-state index contributed by atoms with van der Waals surface area (Å²) in [6.45, 7) is 5.93. The summed E-state index contributed by atoms with van der Waals surface area (Å²) in [5.74, 6) is -0.227. The molecule has 84 valence electrons. The zero-order chi connectivity index (χ0) is 11.4. The van der Waals surface area contributed by atoms with Crippen molar-refractivity contribution < 1.29 is 9.53 Å². The minimum atomic E-state index is -0.271. The highest BCUT2D eigenvalue weighted by atomic mass is 32.1. The van der Waals surface area contributed by atoms with E-state index in [9.17, 15) is 4.79 Å². The first-order valence-corrected chi connectivity index (χ1v) is 5.76. The van der Waals surface area contributed by atoms with Gasteiger partial charge in [-0.15, -0.1) is 11.3 Å². The molecule has 0 spiro atoms. The number of esters is 1. The van der Waals surface area contributed by atoms with Crippen molar-refractivity contribution in [1.29, 1.82) is 0 Å². The van der Waals surface area contributed by atoms with Crippen LogP contribution >= 0.6 is 11.3 Å². The maximum atomic E-state index is 11.2. The van der Waals surface area contributed by atoms with E-state index in [1.807, 2.05) is 13.8 Å². The molecule has 1 aromatic rings. The largest absolute Gasteiger partial charge is 0.468 e. The Morgan fingerprint density at radius 1 is 1.47 bits per heavy atom. The van der Waals surface area contributed by atoms with Crippen LogP contribution < -0.4 is 5.32 Å². The van der Waals surface area contributed by atoms with Crippen LogP contribution in [0.5, 0.6) is 0 Å². The van der Waals surface area contributed by atoms with Crippen LogP contribution in [0.25, 0.3) is 0 Å². The molecule has 1 heterocycles. The highest BCUT2D eigenvalue weighted by Crippen LogP contribution is 2.22. The van der Waals surface area contributed by atoms with Gasteiger partial charge in [-0.3, -0.25) is 10.1 Å². The monoisotopic (exact) mass is 227 g/mol. The van der Waals surface area contributed by atoms with Crippen LogP contribution in [-0.4, -0.2) is 19.1 Å². The number of thiophene rings is 1. The van der Waals surface area contributed by atoms with Crippen molar-refractivity contribution in [3.05, 3.63) is 21.9 Å². The highest BCUT2D eigenvalue weighted by molar-refractivity contribution is 7.12. The molecule has 4 heteroatoms. The summed E-state index contributed by atoms with van der Waals surface area (Å²) in [7, 11) is 1.40. The van der Waals surface area contributed by atoms with E-state index in [1.165, 1.54) is 16.9 Å². The van der Waals surface area contributed by atoms with Gasteiger partial charge in [-0.2, -0.15) is 0 Å². The number of aryl methyl sites for hydroxylation is 1. The Morgan fingerprint density at radius 2 is 2.13 bits per heavy atom. The molecule has 0 radical (unpaired) electrons.